The normalized spacial score (nSPS) is 10.2. The van der Waals surface area contributed by atoms with Crippen LogP contribution in [0.1, 0.15) is 6.42 Å². The zero-order valence-electron chi connectivity index (χ0n) is 7.76. The van der Waals surface area contributed by atoms with Gasteiger partial charge in [0, 0.05) is 26.5 Å². The Morgan fingerprint density at radius 2 is 2.43 bits per heavy atom. The lowest BCUT2D eigenvalue weighted by Crippen LogP contribution is -2.07. The first kappa shape index (κ1) is 11.9. The zero-order valence-corrected chi connectivity index (χ0v) is 10.7. The summed E-state index contributed by atoms with van der Waals surface area (Å²) in [5, 5.41) is 3.43. The van der Waals surface area contributed by atoms with Crippen molar-refractivity contribution in [1.82, 2.24) is 9.97 Å². The number of nitrogens with zero attached hydrogens (tertiary/aromatic N) is 2. The van der Waals surface area contributed by atoms with E-state index in [1.54, 1.807) is 13.3 Å². The summed E-state index contributed by atoms with van der Waals surface area (Å²) in [7, 11) is 1.69. The first-order chi connectivity index (χ1) is 6.74. The molecule has 0 radical (unpaired) electrons. The average Bonchev–Trinajstić information content (AvgIpc) is 2.18. The molecule has 1 aromatic heterocycles. The molecule has 0 amide bonds. The second kappa shape index (κ2) is 6.36. The van der Waals surface area contributed by atoms with E-state index >= 15 is 0 Å². The van der Waals surface area contributed by atoms with Crippen LogP contribution in [0.3, 0.4) is 0 Å². The summed E-state index contributed by atoms with van der Waals surface area (Å²) >= 11 is 7.83. The Labute approximate surface area is 102 Å². The topological polar surface area (TPSA) is 47.0 Å². The van der Waals surface area contributed by atoms with E-state index in [0.29, 0.717) is 0 Å². The molecule has 0 saturated heterocycles. The van der Waals surface area contributed by atoms with Gasteiger partial charge >= 0.3 is 0 Å². The maximum Gasteiger partial charge on any atom is 0.224 e. The number of hydrogen-bond donors (Lipinski definition) is 1. The van der Waals surface area contributed by atoms with Crippen LogP contribution in [0.5, 0.6) is 0 Å². The molecule has 0 aromatic carbocycles. The van der Waals surface area contributed by atoms with Gasteiger partial charge in [0.1, 0.15) is 5.82 Å². The van der Waals surface area contributed by atoms with Gasteiger partial charge in [0.15, 0.2) is 0 Å². The van der Waals surface area contributed by atoms with E-state index in [1.807, 2.05) is 0 Å². The molecule has 14 heavy (non-hydrogen) atoms. The fraction of sp³-hybridized carbons (Fsp3) is 0.500. The fourth-order valence-electron chi connectivity index (χ4n) is 0.893. The van der Waals surface area contributed by atoms with Crippen LogP contribution in [-0.4, -0.2) is 30.2 Å². The van der Waals surface area contributed by atoms with E-state index < -0.39 is 0 Å². The first-order valence-electron chi connectivity index (χ1n) is 4.15. The van der Waals surface area contributed by atoms with Gasteiger partial charge in [0.25, 0.3) is 0 Å². The summed E-state index contributed by atoms with van der Waals surface area (Å²) in [5.74, 6) is 0.779. The lowest BCUT2D eigenvalue weighted by Gasteiger charge is -2.06. The number of methoxy groups -OCH3 is 1. The van der Waals surface area contributed by atoms with Crippen molar-refractivity contribution in [2.24, 2.45) is 0 Å². The summed E-state index contributed by atoms with van der Waals surface area (Å²) in [5.41, 5.74) is 0. The third-order valence-corrected chi connectivity index (χ3v) is 2.50. The van der Waals surface area contributed by atoms with Crippen molar-refractivity contribution in [3.05, 3.63) is 15.1 Å². The number of nitrogens with one attached hydrogen (secondary N) is 1. The smallest absolute Gasteiger partial charge is 0.224 e. The largest absolute Gasteiger partial charge is 0.385 e. The standard InChI is InChI=1S/C8H11ClIN3O/c1-14-4-2-3-11-7-6(10)5-12-8(9)13-7/h5H,2-4H2,1H3,(H,11,12,13). The highest BCUT2D eigenvalue weighted by atomic mass is 127. The van der Waals surface area contributed by atoms with Crippen LogP contribution < -0.4 is 5.32 Å². The molecule has 0 spiro atoms. The van der Waals surface area contributed by atoms with Crippen molar-refractivity contribution in [3.8, 4) is 0 Å². The SMILES string of the molecule is COCCCNc1nc(Cl)ncc1I. The number of rotatable bonds is 5. The number of hydrogen-bond acceptors (Lipinski definition) is 4. The Morgan fingerprint density at radius 3 is 3.14 bits per heavy atom. The van der Waals surface area contributed by atoms with Crippen molar-refractivity contribution in [3.63, 3.8) is 0 Å². The van der Waals surface area contributed by atoms with Gasteiger partial charge < -0.3 is 10.1 Å². The van der Waals surface area contributed by atoms with Gasteiger partial charge in [0.05, 0.1) is 3.57 Å². The average molecular weight is 328 g/mol. The highest BCUT2D eigenvalue weighted by Gasteiger charge is 2.01. The fourth-order valence-corrected chi connectivity index (χ4v) is 1.48. The minimum atomic E-state index is 0.264. The van der Waals surface area contributed by atoms with Gasteiger partial charge in [-0.3, -0.25) is 0 Å². The summed E-state index contributed by atoms with van der Waals surface area (Å²) in [6.45, 7) is 1.56. The van der Waals surface area contributed by atoms with Gasteiger partial charge in [-0.15, -0.1) is 0 Å². The van der Waals surface area contributed by atoms with Crippen molar-refractivity contribution >= 4 is 40.0 Å². The van der Waals surface area contributed by atoms with Crippen LogP contribution in [-0.2, 0) is 4.74 Å². The Balaban J connectivity index is 2.45. The predicted octanol–water partition coefficient (Wildman–Crippen LogP) is 2.18. The number of ether oxygens (including phenoxy) is 1. The molecule has 4 nitrogen and oxygen atoms in total. The van der Waals surface area contributed by atoms with Crippen molar-refractivity contribution in [2.75, 3.05) is 25.6 Å². The van der Waals surface area contributed by atoms with Crippen LogP contribution in [0.25, 0.3) is 0 Å². The maximum atomic E-state index is 5.67. The lowest BCUT2D eigenvalue weighted by atomic mass is 10.4. The van der Waals surface area contributed by atoms with Crippen molar-refractivity contribution in [2.45, 2.75) is 6.42 Å². The van der Waals surface area contributed by atoms with E-state index in [1.165, 1.54) is 0 Å². The third-order valence-electron chi connectivity index (χ3n) is 1.53. The molecule has 0 aliphatic carbocycles. The molecule has 1 N–H and O–H groups in total. The molecule has 1 heterocycles. The summed E-state index contributed by atoms with van der Waals surface area (Å²) in [4.78, 5) is 7.93. The molecule has 0 aliphatic rings. The Morgan fingerprint density at radius 1 is 1.64 bits per heavy atom. The monoisotopic (exact) mass is 327 g/mol. The number of aromatic nitrogens is 2. The van der Waals surface area contributed by atoms with Gasteiger partial charge in [-0.25, -0.2) is 4.98 Å². The van der Waals surface area contributed by atoms with Crippen molar-refractivity contribution < 1.29 is 4.74 Å². The molecule has 0 aliphatic heterocycles. The van der Waals surface area contributed by atoms with Gasteiger partial charge in [-0.05, 0) is 40.6 Å². The molecular weight excluding hydrogens is 316 g/mol. The Bertz CT molecular complexity index is 298. The minimum absolute atomic E-state index is 0.264. The predicted molar refractivity (Wildman–Crippen MR) is 64.7 cm³/mol. The first-order valence-corrected chi connectivity index (χ1v) is 5.60. The molecule has 0 unspecified atom stereocenters. The zero-order chi connectivity index (χ0) is 10.4. The summed E-state index contributed by atoms with van der Waals surface area (Å²) in [6.07, 6.45) is 2.63. The Hall–Kier alpha value is -0.140. The second-order valence-corrected chi connectivity index (χ2v) is 4.11. The molecule has 1 aromatic rings. The van der Waals surface area contributed by atoms with Gasteiger partial charge in [-0.2, -0.15) is 4.98 Å². The van der Waals surface area contributed by atoms with Crippen LogP contribution in [0.2, 0.25) is 5.28 Å². The van der Waals surface area contributed by atoms with Crippen molar-refractivity contribution in [1.29, 1.82) is 0 Å². The molecule has 0 saturated carbocycles. The Kier molecular flexibility index (Phi) is 5.42. The minimum Gasteiger partial charge on any atom is -0.385 e. The molecule has 6 heteroatoms. The van der Waals surface area contributed by atoms with E-state index in [9.17, 15) is 0 Å². The number of anilines is 1. The van der Waals surface area contributed by atoms with Gasteiger partial charge in [0.2, 0.25) is 5.28 Å². The molecule has 0 fully saturated rings. The van der Waals surface area contributed by atoms with E-state index in [2.05, 4.69) is 37.9 Å². The van der Waals surface area contributed by atoms with E-state index in [-0.39, 0.29) is 5.28 Å². The van der Waals surface area contributed by atoms with Crippen LogP contribution in [0.15, 0.2) is 6.20 Å². The lowest BCUT2D eigenvalue weighted by molar-refractivity contribution is 0.197. The second-order valence-electron chi connectivity index (χ2n) is 2.61. The molecule has 0 atom stereocenters. The molecule has 1 rings (SSSR count). The third kappa shape index (κ3) is 3.93. The molecule has 78 valence electrons. The van der Waals surface area contributed by atoms with Gasteiger partial charge in [-0.1, -0.05) is 0 Å². The summed E-state index contributed by atoms with van der Waals surface area (Å²) < 4.78 is 5.90. The quantitative estimate of drug-likeness (QED) is 0.511. The number of halogens is 2. The highest BCUT2D eigenvalue weighted by molar-refractivity contribution is 14.1. The molecule has 0 bridgehead atoms. The van der Waals surface area contributed by atoms with E-state index in [0.717, 1.165) is 29.0 Å². The van der Waals surface area contributed by atoms with Crippen LogP contribution >= 0.6 is 34.2 Å². The molecular formula is C8H11ClIN3O. The highest BCUT2D eigenvalue weighted by Crippen LogP contribution is 2.15. The summed E-state index contributed by atoms with van der Waals surface area (Å²) in [6, 6.07) is 0. The van der Waals surface area contributed by atoms with E-state index in [4.69, 9.17) is 16.3 Å². The van der Waals surface area contributed by atoms with Crippen LogP contribution in [0.4, 0.5) is 5.82 Å². The van der Waals surface area contributed by atoms with Crippen LogP contribution in [0, 0.1) is 3.57 Å². The maximum absolute atomic E-state index is 5.67.